The predicted molar refractivity (Wildman–Crippen MR) is 126 cm³/mol. The van der Waals surface area contributed by atoms with Crippen molar-refractivity contribution in [1.29, 1.82) is 0 Å². The molecule has 0 spiro atoms. The van der Waals surface area contributed by atoms with E-state index < -0.39 is 6.09 Å². The predicted octanol–water partition coefficient (Wildman–Crippen LogP) is 4.34. The number of ether oxygens (including phenoxy) is 1. The van der Waals surface area contributed by atoms with Crippen molar-refractivity contribution < 1.29 is 14.6 Å². The fraction of sp³-hybridized carbons (Fsp3) is 0.542. The minimum Gasteiger partial charge on any atom is -0.495 e. The van der Waals surface area contributed by atoms with Gasteiger partial charge in [-0.3, -0.25) is 4.90 Å². The molecule has 2 aliphatic rings. The summed E-state index contributed by atoms with van der Waals surface area (Å²) in [6.45, 7) is 0. The van der Waals surface area contributed by atoms with Gasteiger partial charge in [0.2, 0.25) is 5.95 Å². The van der Waals surface area contributed by atoms with Crippen LogP contribution in [0.1, 0.15) is 49.8 Å². The number of para-hydroxylation sites is 2. The van der Waals surface area contributed by atoms with Crippen molar-refractivity contribution in [2.75, 3.05) is 36.3 Å². The molecule has 8 nitrogen and oxygen atoms in total. The summed E-state index contributed by atoms with van der Waals surface area (Å²) in [6, 6.07) is 7.45. The van der Waals surface area contributed by atoms with E-state index in [1.165, 1.54) is 29.0 Å². The van der Waals surface area contributed by atoms with Crippen molar-refractivity contribution in [3.63, 3.8) is 0 Å². The van der Waals surface area contributed by atoms with Crippen molar-refractivity contribution in [3.05, 3.63) is 35.5 Å². The fourth-order valence-electron chi connectivity index (χ4n) is 4.95. The van der Waals surface area contributed by atoms with Crippen molar-refractivity contribution in [3.8, 4) is 5.75 Å². The van der Waals surface area contributed by atoms with E-state index in [0.29, 0.717) is 17.4 Å². The minimum atomic E-state index is -0.945. The Balaban J connectivity index is 1.46. The zero-order chi connectivity index (χ0) is 22.7. The molecule has 1 aromatic heterocycles. The zero-order valence-corrected chi connectivity index (χ0v) is 19.2. The molecule has 2 aromatic rings. The monoisotopic (exact) mass is 439 g/mol. The average molecular weight is 440 g/mol. The van der Waals surface area contributed by atoms with E-state index in [0.717, 1.165) is 44.3 Å². The summed E-state index contributed by atoms with van der Waals surface area (Å²) in [4.78, 5) is 25.3. The van der Waals surface area contributed by atoms with Gasteiger partial charge >= 0.3 is 6.09 Å². The lowest BCUT2D eigenvalue weighted by Gasteiger charge is -2.36. The largest absolute Gasteiger partial charge is 0.495 e. The van der Waals surface area contributed by atoms with E-state index >= 15 is 0 Å². The van der Waals surface area contributed by atoms with Crippen molar-refractivity contribution in [1.82, 2.24) is 9.97 Å². The molecule has 4 rings (SSSR count). The molecule has 0 bridgehead atoms. The van der Waals surface area contributed by atoms with Gasteiger partial charge in [0.1, 0.15) is 11.6 Å². The number of fused-ring (bicyclic) bond motifs is 1. The highest BCUT2D eigenvalue weighted by molar-refractivity contribution is 5.89. The first-order chi connectivity index (χ1) is 15.5. The molecule has 0 saturated heterocycles. The SMILES string of the molecule is COc1ccccc1N(C(=O)O)C1CCC(Nc2nc3c(c(N(C)C)n2)CCCC3)CC1. The normalized spacial score (nSPS) is 20.2. The quantitative estimate of drug-likeness (QED) is 0.692. The van der Waals surface area contributed by atoms with Crippen molar-refractivity contribution in [2.24, 2.45) is 0 Å². The van der Waals surface area contributed by atoms with Gasteiger partial charge in [-0.15, -0.1) is 0 Å². The second-order valence-electron chi connectivity index (χ2n) is 8.87. The number of carboxylic acid groups (broad SMARTS) is 1. The van der Waals surface area contributed by atoms with Crippen LogP contribution in [-0.4, -0.2) is 54.5 Å². The third-order valence-electron chi connectivity index (χ3n) is 6.53. The standard InChI is InChI=1S/C24H33N5O3/c1-28(2)22-18-8-4-5-9-19(18)26-23(27-22)25-16-12-14-17(15-13-16)29(24(30)31)20-10-6-7-11-21(20)32-3/h6-7,10-11,16-17H,4-5,8-9,12-15H2,1-3H3,(H,30,31)(H,25,26,27). The molecule has 8 heteroatoms. The molecule has 0 aliphatic heterocycles. The molecule has 1 fully saturated rings. The summed E-state index contributed by atoms with van der Waals surface area (Å²) < 4.78 is 5.41. The Bertz CT molecular complexity index is 957. The number of aryl methyl sites for hydroxylation is 1. The molecule has 2 aliphatic carbocycles. The number of hydrogen-bond donors (Lipinski definition) is 2. The van der Waals surface area contributed by atoms with E-state index in [1.54, 1.807) is 19.2 Å². The average Bonchev–Trinajstić information content (AvgIpc) is 2.80. The molecule has 1 aromatic carbocycles. The molecule has 1 amide bonds. The Kier molecular flexibility index (Phi) is 6.67. The van der Waals surface area contributed by atoms with Crippen LogP contribution in [0.3, 0.4) is 0 Å². The van der Waals surface area contributed by atoms with Gasteiger partial charge in [-0.05, 0) is 63.5 Å². The van der Waals surface area contributed by atoms with Crippen LogP contribution in [0.2, 0.25) is 0 Å². The smallest absolute Gasteiger partial charge is 0.412 e. The van der Waals surface area contributed by atoms with Crippen molar-refractivity contribution in [2.45, 2.75) is 63.5 Å². The van der Waals surface area contributed by atoms with Gasteiger partial charge in [0.15, 0.2) is 0 Å². The van der Waals surface area contributed by atoms with Gasteiger partial charge in [0.25, 0.3) is 0 Å². The lowest BCUT2D eigenvalue weighted by molar-refractivity contribution is 0.195. The highest BCUT2D eigenvalue weighted by atomic mass is 16.5. The van der Waals surface area contributed by atoms with Crippen LogP contribution >= 0.6 is 0 Å². The first-order valence-corrected chi connectivity index (χ1v) is 11.5. The van der Waals surface area contributed by atoms with Gasteiger partial charge in [0.05, 0.1) is 18.5 Å². The van der Waals surface area contributed by atoms with E-state index in [1.807, 2.05) is 26.2 Å². The number of aromatic nitrogens is 2. The maximum atomic E-state index is 12.1. The Morgan fingerprint density at radius 2 is 1.81 bits per heavy atom. The molecule has 0 atom stereocenters. The number of nitrogens with one attached hydrogen (secondary N) is 1. The first kappa shape index (κ1) is 22.2. The molecule has 172 valence electrons. The van der Waals surface area contributed by atoms with E-state index in [9.17, 15) is 9.90 Å². The summed E-state index contributed by atoms with van der Waals surface area (Å²) >= 11 is 0. The maximum Gasteiger partial charge on any atom is 0.412 e. The van der Waals surface area contributed by atoms with Crippen LogP contribution in [0.5, 0.6) is 5.75 Å². The molecule has 1 heterocycles. The Morgan fingerprint density at radius 3 is 2.50 bits per heavy atom. The molecular formula is C24H33N5O3. The van der Waals surface area contributed by atoms with Gasteiger partial charge in [-0.25, -0.2) is 9.78 Å². The summed E-state index contributed by atoms with van der Waals surface area (Å²) in [5, 5.41) is 13.5. The van der Waals surface area contributed by atoms with Gasteiger partial charge in [-0.1, -0.05) is 12.1 Å². The minimum absolute atomic E-state index is 0.0800. The van der Waals surface area contributed by atoms with Crippen LogP contribution in [0, 0.1) is 0 Å². The van der Waals surface area contributed by atoms with Crippen LogP contribution in [0.4, 0.5) is 22.2 Å². The summed E-state index contributed by atoms with van der Waals surface area (Å²) in [5.74, 6) is 2.28. The summed E-state index contributed by atoms with van der Waals surface area (Å²) in [7, 11) is 5.63. The van der Waals surface area contributed by atoms with Gasteiger partial charge in [-0.2, -0.15) is 4.98 Å². The number of methoxy groups -OCH3 is 1. The van der Waals surface area contributed by atoms with E-state index in [-0.39, 0.29) is 12.1 Å². The van der Waals surface area contributed by atoms with Gasteiger partial charge in [0, 0.05) is 31.7 Å². The Labute approximate surface area is 189 Å². The topological polar surface area (TPSA) is 90.8 Å². The second-order valence-corrected chi connectivity index (χ2v) is 8.87. The fourth-order valence-corrected chi connectivity index (χ4v) is 4.95. The molecule has 0 radical (unpaired) electrons. The third kappa shape index (κ3) is 4.59. The second kappa shape index (κ2) is 9.63. The Morgan fingerprint density at radius 1 is 1.09 bits per heavy atom. The Hall–Kier alpha value is -3.03. The number of rotatable bonds is 6. The summed E-state index contributed by atoms with van der Waals surface area (Å²) in [6.07, 6.45) is 6.74. The molecule has 1 saturated carbocycles. The van der Waals surface area contributed by atoms with Crippen LogP contribution in [0.25, 0.3) is 0 Å². The number of benzene rings is 1. The number of carbonyl (C=O) groups is 1. The zero-order valence-electron chi connectivity index (χ0n) is 19.2. The van der Waals surface area contributed by atoms with Gasteiger partial charge < -0.3 is 20.1 Å². The molecule has 0 unspecified atom stereocenters. The van der Waals surface area contributed by atoms with E-state index in [2.05, 4.69) is 10.2 Å². The summed E-state index contributed by atoms with van der Waals surface area (Å²) in [5.41, 5.74) is 3.05. The number of anilines is 3. The highest BCUT2D eigenvalue weighted by Gasteiger charge is 2.32. The van der Waals surface area contributed by atoms with Crippen LogP contribution in [-0.2, 0) is 12.8 Å². The first-order valence-electron chi connectivity index (χ1n) is 11.5. The lowest BCUT2D eigenvalue weighted by atomic mass is 9.90. The third-order valence-corrected chi connectivity index (χ3v) is 6.53. The number of hydrogen-bond acceptors (Lipinski definition) is 6. The van der Waals surface area contributed by atoms with Crippen molar-refractivity contribution >= 4 is 23.5 Å². The maximum absolute atomic E-state index is 12.1. The van der Waals surface area contributed by atoms with Crippen LogP contribution in [0.15, 0.2) is 24.3 Å². The molecular weight excluding hydrogens is 406 g/mol. The number of nitrogens with zero attached hydrogens (tertiary/aromatic N) is 4. The highest BCUT2D eigenvalue weighted by Crippen LogP contribution is 2.35. The molecule has 2 N–H and O–H groups in total. The number of amides is 1. The van der Waals surface area contributed by atoms with E-state index in [4.69, 9.17) is 14.7 Å². The lowest BCUT2D eigenvalue weighted by Crippen LogP contribution is -2.44. The molecule has 32 heavy (non-hydrogen) atoms. The van der Waals surface area contributed by atoms with Crippen LogP contribution < -0.4 is 19.9 Å².